The summed E-state index contributed by atoms with van der Waals surface area (Å²) >= 11 is 1.78. The zero-order chi connectivity index (χ0) is 9.80. The lowest BCUT2D eigenvalue weighted by atomic mass is 10.0. The van der Waals surface area contributed by atoms with Gasteiger partial charge in [-0.05, 0) is 43.7 Å². The summed E-state index contributed by atoms with van der Waals surface area (Å²) < 4.78 is 0. The van der Waals surface area contributed by atoms with Gasteiger partial charge in [0.1, 0.15) is 0 Å². The lowest BCUT2D eigenvalue weighted by molar-refractivity contribution is 0.127. The second-order valence-corrected chi connectivity index (χ2v) is 4.92. The Labute approximate surface area is 89.0 Å². The van der Waals surface area contributed by atoms with E-state index >= 15 is 0 Å². The van der Waals surface area contributed by atoms with Crippen LogP contribution in [-0.4, -0.2) is 23.8 Å². The number of aliphatic hydroxyl groups is 1. The SMILES string of the molecule is OC(CCc1cccs1)C1CCCN1. The largest absolute Gasteiger partial charge is 0.391 e. The number of nitrogens with one attached hydrogen (secondary N) is 1. The van der Waals surface area contributed by atoms with Gasteiger partial charge in [-0.2, -0.15) is 0 Å². The molecule has 0 radical (unpaired) electrons. The first-order valence-corrected chi connectivity index (χ1v) is 6.18. The Morgan fingerprint density at radius 2 is 2.57 bits per heavy atom. The molecule has 2 atom stereocenters. The molecule has 0 bridgehead atoms. The van der Waals surface area contributed by atoms with Gasteiger partial charge in [0.05, 0.1) is 6.10 Å². The van der Waals surface area contributed by atoms with Crippen molar-refractivity contribution in [2.24, 2.45) is 0 Å². The fraction of sp³-hybridized carbons (Fsp3) is 0.636. The van der Waals surface area contributed by atoms with E-state index in [4.69, 9.17) is 0 Å². The Morgan fingerprint density at radius 3 is 3.21 bits per heavy atom. The van der Waals surface area contributed by atoms with E-state index in [0.717, 1.165) is 25.8 Å². The number of rotatable bonds is 4. The molecule has 1 aliphatic heterocycles. The highest BCUT2D eigenvalue weighted by Crippen LogP contribution is 2.16. The predicted molar refractivity (Wildman–Crippen MR) is 59.7 cm³/mol. The first-order chi connectivity index (χ1) is 6.86. The summed E-state index contributed by atoms with van der Waals surface area (Å²) in [5.41, 5.74) is 0. The van der Waals surface area contributed by atoms with Gasteiger partial charge in [-0.25, -0.2) is 0 Å². The van der Waals surface area contributed by atoms with Gasteiger partial charge in [-0.3, -0.25) is 0 Å². The molecule has 1 fully saturated rings. The molecule has 2 heterocycles. The molecule has 1 aliphatic rings. The summed E-state index contributed by atoms with van der Waals surface area (Å²) in [6.45, 7) is 1.07. The van der Waals surface area contributed by atoms with Crippen molar-refractivity contribution in [3.05, 3.63) is 22.4 Å². The summed E-state index contributed by atoms with van der Waals surface area (Å²) in [5, 5.41) is 15.3. The van der Waals surface area contributed by atoms with Crippen LogP contribution >= 0.6 is 11.3 Å². The highest BCUT2D eigenvalue weighted by molar-refractivity contribution is 7.09. The monoisotopic (exact) mass is 211 g/mol. The van der Waals surface area contributed by atoms with Crippen LogP contribution < -0.4 is 5.32 Å². The number of thiophene rings is 1. The minimum absolute atomic E-state index is 0.167. The van der Waals surface area contributed by atoms with Crippen molar-refractivity contribution in [1.82, 2.24) is 5.32 Å². The molecule has 0 aromatic carbocycles. The Morgan fingerprint density at radius 1 is 1.64 bits per heavy atom. The van der Waals surface area contributed by atoms with E-state index in [-0.39, 0.29) is 6.10 Å². The molecule has 14 heavy (non-hydrogen) atoms. The standard InChI is InChI=1S/C11H17NOS/c13-11(10-4-1-7-12-10)6-5-9-3-2-8-14-9/h2-3,8,10-13H,1,4-7H2. The Bertz CT molecular complexity index is 254. The molecular weight excluding hydrogens is 194 g/mol. The van der Waals surface area contributed by atoms with E-state index in [9.17, 15) is 5.11 Å². The first-order valence-electron chi connectivity index (χ1n) is 5.30. The van der Waals surface area contributed by atoms with Gasteiger partial charge in [0.2, 0.25) is 0 Å². The molecule has 1 saturated heterocycles. The summed E-state index contributed by atoms with van der Waals surface area (Å²) in [5.74, 6) is 0. The van der Waals surface area contributed by atoms with Crippen molar-refractivity contribution in [3.63, 3.8) is 0 Å². The molecule has 2 N–H and O–H groups in total. The topological polar surface area (TPSA) is 32.3 Å². The van der Waals surface area contributed by atoms with E-state index in [1.54, 1.807) is 11.3 Å². The van der Waals surface area contributed by atoms with Gasteiger partial charge in [-0.1, -0.05) is 6.07 Å². The third-order valence-corrected chi connectivity index (χ3v) is 3.77. The van der Waals surface area contributed by atoms with Crippen LogP contribution in [0.25, 0.3) is 0 Å². The first kappa shape index (κ1) is 10.1. The lowest BCUT2D eigenvalue weighted by Gasteiger charge is -2.17. The summed E-state index contributed by atoms with van der Waals surface area (Å²) in [6.07, 6.45) is 4.07. The highest BCUT2D eigenvalue weighted by Gasteiger charge is 2.21. The number of aryl methyl sites for hydroxylation is 1. The van der Waals surface area contributed by atoms with E-state index < -0.39 is 0 Å². The van der Waals surface area contributed by atoms with Gasteiger partial charge in [0, 0.05) is 10.9 Å². The van der Waals surface area contributed by atoms with Crippen LogP contribution in [0.5, 0.6) is 0 Å². The second kappa shape index (κ2) is 4.91. The van der Waals surface area contributed by atoms with Crippen molar-refractivity contribution in [2.75, 3.05) is 6.54 Å². The molecule has 0 saturated carbocycles. The maximum absolute atomic E-state index is 9.89. The average Bonchev–Trinajstić information content (AvgIpc) is 2.87. The molecule has 0 spiro atoms. The Hall–Kier alpha value is -0.380. The van der Waals surface area contributed by atoms with Crippen LogP contribution in [0.15, 0.2) is 17.5 Å². The molecule has 1 aromatic rings. The Kier molecular flexibility index (Phi) is 3.56. The summed E-state index contributed by atoms with van der Waals surface area (Å²) in [6, 6.07) is 4.55. The molecule has 2 unspecified atom stereocenters. The quantitative estimate of drug-likeness (QED) is 0.796. The number of hydrogen-bond donors (Lipinski definition) is 2. The van der Waals surface area contributed by atoms with E-state index in [0.29, 0.717) is 6.04 Å². The molecule has 1 aromatic heterocycles. The normalized spacial score (nSPS) is 23.9. The molecular formula is C11H17NOS. The number of hydrogen-bond acceptors (Lipinski definition) is 3. The molecule has 2 rings (SSSR count). The van der Waals surface area contributed by atoms with Gasteiger partial charge >= 0.3 is 0 Å². The average molecular weight is 211 g/mol. The molecule has 0 amide bonds. The van der Waals surface area contributed by atoms with Crippen LogP contribution in [0.3, 0.4) is 0 Å². The fourth-order valence-corrected chi connectivity index (χ4v) is 2.71. The van der Waals surface area contributed by atoms with Crippen LogP contribution in [0, 0.1) is 0 Å². The van der Waals surface area contributed by atoms with E-state index in [2.05, 4.69) is 22.8 Å². The van der Waals surface area contributed by atoms with E-state index in [1.165, 1.54) is 11.3 Å². The zero-order valence-electron chi connectivity index (χ0n) is 8.28. The maximum atomic E-state index is 9.89. The Balaban J connectivity index is 1.74. The van der Waals surface area contributed by atoms with Gasteiger partial charge in [-0.15, -0.1) is 11.3 Å². The van der Waals surface area contributed by atoms with Crippen LogP contribution in [0.1, 0.15) is 24.1 Å². The summed E-state index contributed by atoms with van der Waals surface area (Å²) in [7, 11) is 0. The van der Waals surface area contributed by atoms with Gasteiger partial charge in [0.25, 0.3) is 0 Å². The third-order valence-electron chi connectivity index (χ3n) is 2.83. The van der Waals surface area contributed by atoms with Crippen LogP contribution in [0.4, 0.5) is 0 Å². The van der Waals surface area contributed by atoms with Crippen molar-refractivity contribution < 1.29 is 5.11 Å². The fourth-order valence-electron chi connectivity index (χ4n) is 1.99. The van der Waals surface area contributed by atoms with Crippen molar-refractivity contribution >= 4 is 11.3 Å². The van der Waals surface area contributed by atoms with Gasteiger partial charge in [0.15, 0.2) is 0 Å². The minimum atomic E-state index is -0.167. The van der Waals surface area contributed by atoms with Crippen molar-refractivity contribution in [1.29, 1.82) is 0 Å². The second-order valence-electron chi connectivity index (χ2n) is 3.89. The van der Waals surface area contributed by atoms with E-state index in [1.807, 2.05) is 0 Å². The van der Waals surface area contributed by atoms with Crippen molar-refractivity contribution in [3.8, 4) is 0 Å². The van der Waals surface area contributed by atoms with Crippen molar-refractivity contribution in [2.45, 2.75) is 37.8 Å². The molecule has 0 aliphatic carbocycles. The zero-order valence-corrected chi connectivity index (χ0v) is 9.09. The molecule has 78 valence electrons. The van der Waals surface area contributed by atoms with Crippen LogP contribution in [0.2, 0.25) is 0 Å². The number of aliphatic hydroxyl groups excluding tert-OH is 1. The smallest absolute Gasteiger partial charge is 0.0696 e. The summed E-state index contributed by atoms with van der Waals surface area (Å²) in [4.78, 5) is 1.38. The molecule has 2 nitrogen and oxygen atoms in total. The van der Waals surface area contributed by atoms with Crippen LogP contribution in [-0.2, 0) is 6.42 Å². The maximum Gasteiger partial charge on any atom is 0.0696 e. The van der Waals surface area contributed by atoms with Gasteiger partial charge < -0.3 is 10.4 Å². The minimum Gasteiger partial charge on any atom is -0.391 e. The molecule has 3 heteroatoms. The predicted octanol–water partition coefficient (Wildman–Crippen LogP) is 1.79. The highest BCUT2D eigenvalue weighted by atomic mass is 32.1. The third kappa shape index (κ3) is 2.56. The lowest BCUT2D eigenvalue weighted by Crippen LogP contribution is -2.34.